The molecule has 0 spiro atoms. The normalized spacial score (nSPS) is 10.6. The lowest BCUT2D eigenvalue weighted by atomic mass is 10.3. The minimum Gasteiger partial charge on any atom is -0.326 e. The van der Waals surface area contributed by atoms with Crippen LogP contribution in [-0.2, 0) is 22.6 Å². The van der Waals surface area contributed by atoms with Gasteiger partial charge in [0, 0.05) is 22.9 Å². The Morgan fingerprint density at radius 1 is 1.06 bits per heavy atom. The number of benzene rings is 2. The van der Waals surface area contributed by atoms with Crippen molar-refractivity contribution in [1.29, 1.82) is 0 Å². The highest BCUT2D eigenvalue weighted by Crippen LogP contribution is 2.21. The van der Waals surface area contributed by atoms with E-state index >= 15 is 0 Å². The summed E-state index contributed by atoms with van der Waals surface area (Å²) >= 11 is 12.7. The molecule has 3 aromatic rings. The molecule has 166 valence electrons. The third kappa shape index (κ3) is 6.56. The fourth-order valence-corrected chi connectivity index (χ4v) is 3.73. The molecule has 0 atom stereocenters. The summed E-state index contributed by atoms with van der Waals surface area (Å²) in [6.45, 7) is 4.09. The predicted octanol–water partition coefficient (Wildman–Crippen LogP) is 4.82. The van der Waals surface area contributed by atoms with E-state index in [0.29, 0.717) is 33.9 Å². The fourth-order valence-electron chi connectivity index (χ4n) is 2.65. The van der Waals surface area contributed by atoms with E-state index in [2.05, 4.69) is 27.4 Å². The molecule has 7 nitrogen and oxygen atoms in total. The Bertz CT molecular complexity index is 1140. The van der Waals surface area contributed by atoms with Gasteiger partial charge in [0.1, 0.15) is 11.6 Å². The molecule has 0 aliphatic rings. The van der Waals surface area contributed by atoms with Gasteiger partial charge in [0.2, 0.25) is 11.8 Å². The lowest BCUT2D eigenvalue weighted by molar-refractivity contribution is -0.116. The number of aromatic nitrogens is 3. The number of nitrogens with one attached hydrogen (secondary N) is 2. The maximum atomic E-state index is 13.2. The molecule has 3 rings (SSSR count). The van der Waals surface area contributed by atoms with Crippen LogP contribution in [0.2, 0.25) is 10.0 Å². The predicted molar refractivity (Wildman–Crippen MR) is 125 cm³/mol. The number of allylic oxidation sites excluding steroid dienone is 1. The molecule has 0 aliphatic heterocycles. The molecule has 0 radical (unpaired) electrons. The highest BCUT2D eigenvalue weighted by atomic mass is 35.5. The topological polar surface area (TPSA) is 88.9 Å². The van der Waals surface area contributed by atoms with Gasteiger partial charge >= 0.3 is 0 Å². The monoisotopic (exact) mass is 493 g/mol. The molecule has 1 heterocycles. The maximum absolute atomic E-state index is 13.2. The van der Waals surface area contributed by atoms with E-state index < -0.39 is 5.82 Å². The number of hydrogen-bond donors (Lipinski definition) is 2. The molecule has 0 saturated heterocycles. The van der Waals surface area contributed by atoms with E-state index in [9.17, 15) is 14.0 Å². The molecule has 11 heteroatoms. The Balaban J connectivity index is 1.61. The van der Waals surface area contributed by atoms with Crippen LogP contribution in [0.15, 0.2) is 60.3 Å². The third-order valence-corrected chi connectivity index (χ3v) is 5.60. The van der Waals surface area contributed by atoms with Crippen molar-refractivity contribution < 1.29 is 14.0 Å². The lowest BCUT2D eigenvalue weighted by Gasteiger charge is -2.09. The molecule has 0 fully saturated rings. The van der Waals surface area contributed by atoms with E-state index in [1.54, 1.807) is 34.9 Å². The Morgan fingerprint density at radius 3 is 2.44 bits per heavy atom. The number of amides is 2. The summed E-state index contributed by atoms with van der Waals surface area (Å²) in [6.07, 6.45) is 1.64. The molecule has 0 saturated carbocycles. The number of halogens is 3. The van der Waals surface area contributed by atoms with Crippen LogP contribution in [0.3, 0.4) is 0 Å². The van der Waals surface area contributed by atoms with Crippen molar-refractivity contribution in [3.63, 3.8) is 0 Å². The number of carbonyl (C=O) groups is 2. The molecule has 2 N–H and O–H groups in total. The van der Waals surface area contributed by atoms with E-state index in [-0.39, 0.29) is 29.0 Å². The molecular weight excluding hydrogens is 476 g/mol. The Kier molecular flexibility index (Phi) is 8.26. The maximum Gasteiger partial charge on any atom is 0.234 e. The second-order valence-electron chi connectivity index (χ2n) is 6.50. The Morgan fingerprint density at radius 2 is 1.75 bits per heavy atom. The van der Waals surface area contributed by atoms with Crippen molar-refractivity contribution in [2.75, 3.05) is 16.4 Å². The van der Waals surface area contributed by atoms with Gasteiger partial charge in [0.15, 0.2) is 5.16 Å². The van der Waals surface area contributed by atoms with Gasteiger partial charge in [-0.1, -0.05) is 41.0 Å². The summed E-state index contributed by atoms with van der Waals surface area (Å²) in [5.74, 6) is -0.699. The summed E-state index contributed by atoms with van der Waals surface area (Å²) in [6, 6.07) is 10.7. The van der Waals surface area contributed by atoms with Crippen LogP contribution >= 0.6 is 35.0 Å². The average molecular weight is 494 g/mol. The number of thioether (sulfide) groups is 1. The van der Waals surface area contributed by atoms with Gasteiger partial charge in [-0.2, -0.15) is 0 Å². The van der Waals surface area contributed by atoms with Crippen LogP contribution < -0.4 is 10.6 Å². The summed E-state index contributed by atoms with van der Waals surface area (Å²) in [4.78, 5) is 24.6. The van der Waals surface area contributed by atoms with Gasteiger partial charge in [0.05, 0.1) is 17.2 Å². The highest BCUT2D eigenvalue weighted by Gasteiger charge is 2.16. The number of rotatable bonds is 9. The largest absolute Gasteiger partial charge is 0.326 e. The molecular formula is C21H18Cl2FN5O2S. The first-order chi connectivity index (χ1) is 15.4. The van der Waals surface area contributed by atoms with Gasteiger partial charge in [0.25, 0.3) is 0 Å². The summed E-state index contributed by atoms with van der Waals surface area (Å²) in [7, 11) is 0. The van der Waals surface area contributed by atoms with Crippen LogP contribution in [0.1, 0.15) is 5.82 Å². The zero-order chi connectivity index (χ0) is 23.1. The van der Waals surface area contributed by atoms with Crippen molar-refractivity contribution in [2.24, 2.45) is 0 Å². The minimum absolute atomic E-state index is 0.00962. The van der Waals surface area contributed by atoms with Crippen molar-refractivity contribution >= 4 is 58.2 Å². The molecule has 0 aliphatic carbocycles. The lowest BCUT2D eigenvalue weighted by Crippen LogP contribution is -2.18. The fraction of sp³-hybridized carbons (Fsp3) is 0.143. The molecule has 2 aromatic carbocycles. The van der Waals surface area contributed by atoms with E-state index in [0.717, 1.165) is 11.8 Å². The number of carbonyl (C=O) groups excluding carboxylic acids is 2. The summed E-state index contributed by atoms with van der Waals surface area (Å²) in [5.41, 5.74) is 0.996. The highest BCUT2D eigenvalue weighted by molar-refractivity contribution is 7.99. The molecule has 32 heavy (non-hydrogen) atoms. The quantitative estimate of drug-likeness (QED) is 0.329. The first-order valence-electron chi connectivity index (χ1n) is 9.32. The van der Waals surface area contributed by atoms with Crippen LogP contribution in [0.5, 0.6) is 0 Å². The minimum atomic E-state index is -0.566. The second kappa shape index (κ2) is 11.1. The number of nitrogens with zero attached hydrogens (tertiary/aromatic N) is 3. The Hall–Kier alpha value is -2.88. The van der Waals surface area contributed by atoms with Gasteiger partial charge in [-0.15, -0.1) is 16.8 Å². The van der Waals surface area contributed by atoms with Crippen LogP contribution in [0.4, 0.5) is 15.8 Å². The zero-order valence-corrected chi connectivity index (χ0v) is 19.0. The van der Waals surface area contributed by atoms with Crippen LogP contribution in [0.25, 0.3) is 0 Å². The Labute approximate surface area is 198 Å². The summed E-state index contributed by atoms with van der Waals surface area (Å²) in [5, 5.41) is 14.5. The number of hydrogen-bond acceptors (Lipinski definition) is 5. The van der Waals surface area contributed by atoms with Crippen molar-refractivity contribution in [3.05, 3.63) is 76.8 Å². The van der Waals surface area contributed by atoms with E-state index in [1.165, 1.54) is 18.2 Å². The van der Waals surface area contributed by atoms with Crippen molar-refractivity contribution in [3.8, 4) is 0 Å². The van der Waals surface area contributed by atoms with Gasteiger partial charge in [-0.05, 0) is 42.5 Å². The standard InChI is InChI=1S/C21H18Cl2FN5O2S/c1-2-9-29-18(11-19(30)25-14-5-3-13(22)4-6-14)27-28-21(29)32-12-20(31)26-15-7-8-17(24)16(23)10-15/h2-8,10H,1,9,11-12H2,(H,25,30)(H,26,31). The first kappa shape index (κ1) is 23.8. The van der Waals surface area contributed by atoms with Gasteiger partial charge in [-0.25, -0.2) is 4.39 Å². The first-order valence-corrected chi connectivity index (χ1v) is 11.1. The van der Waals surface area contributed by atoms with Crippen LogP contribution in [0, 0.1) is 5.82 Å². The van der Waals surface area contributed by atoms with Crippen molar-refractivity contribution in [1.82, 2.24) is 14.8 Å². The van der Waals surface area contributed by atoms with Gasteiger partial charge in [-0.3, -0.25) is 9.59 Å². The van der Waals surface area contributed by atoms with E-state index in [4.69, 9.17) is 23.2 Å². The molecule has 2 amide bonds. The third-order valence-electron chi connectivity index (χ3n) is 4.09. The zero-order valence-electron chi connectivity index (χ0n) is 16.6. The smallest absolute Gasteiger partial charge is 0.234 e. The van der Waals surface area contributed by atoms with E-state index in [1.807, 2.05) is 0 Å². The second-order valence-corrected chi connectivity index (χ2v) is 8.28. The SMILES string of the molecule is C=CCn1c(CC(=O)Nc2ccc(Cl)cc2)nnc1SCC(=O)Nc1ccc(F)c(Cl)c1. The number of anilines is 2. The molecule has 0 bridgehead atoms. The van der Waals surface area contributed by atoms with Gasteiger partial charge < -0.3 is 15.2 Å². The molecule has 1 aromatic heterocycles. The van der Waals surface area contributed by atoms with Crippen LogP contribution in [-0.4, -0.2) is 32.3 Å². The summed E-state index contributed by atoms with van der Waals surface area (Å²) < 4.78 is 15.0. The van der Waals surface area contributed by atoms with Crippen molar-refractivity contribution in [2.45, 2.75) is 18.1 Å². The molecule has 0 unspecified atom stereocenters. The average Bonchev–Trinajstić information content (AvgIpc) is 3.12.